The van der Waals surface area contributed by atoms with Crippen molar-refractivity contribution in [1.29, 1.82) is 0 Å². The van der Waals surface area contributed by atoms with Gasteiger partial charge in [0.05, 0.1) is 13.2 Å². The Hall–Kier alpha value is -3.12. The van der Waals surface area contributed by atoms with Crippen LogP contribution in [0.15, 0.2) is 60.8 Å². The van der Waals surface area contributed by atoms with Crippen LogP contribution >= 0.6 is 0 Å². The molecule has 0 saturated heterocycles. The summed E-state index contributed by atoms with van der Waals surface area (Å²) in [7, 11) is 1.30. The number of carbonyl (C=O) groups is 2. The number of nitrogens with one attached hydrogen (secondary N) is 2. The molecule has 2 aromatic carbocycles. The van der Waals surface area contributed by atoms with E-state index in [-0.39, 0.29) is 5.91 Å². The molecule has 3 aromatic rings. The first-order chi connectivity index (χ1) is 13.1. The van der Waals surface area contributed by atoms with Gasteiger partial charge in [-0.3, -0.25) is 4.79 Å². The minimum absolute atomic E-state index is 0.346. The molecule has 0 spiro atoms. The molecule has 0 fully saturated rings. The fraction of sp³-hybridized carbons (Fsp3) is 0.238. The van der Waals surface area contributed by atoms with Gasteiger partial charge in [-0.25, -0.2) is 4.79 Å². The molecular formula is C21H23N3O3. The zero-order valence-corrected chi connectivity index (χ0v) is 15.1. The van der Waals surface area contributed by atoms with E-state index >= 15 is 0 Å². The molecule has 3 rings (SSSR count). The van der Waals surface area contributed by atoms with Crippen LogP contribution in [0, 0.1) is 0 Å². The van der Waals surface area contributed by atoms with E-state index in [2.05, 4.69) is 10.3 Å². The highest BCUT2D eigenvalue weighted by atomic mass is 16.5. The minimum Gasteiger partial charge on any atom is -0.467 e. The zero-order chi connectivity index (χ0) is 19.2. The first kappa shape index (κ1) is 18.7. The summed E-state index contributed by atoms with van der Waals surface area (Å²) < 4.78 is 4.83. The molecule has 6 nitrogen and oxygen atoms in total. The van der Waals surface area contributed by atoms with Gasteiger partial charge in [0, 0.05) is 23.5 Å². The van der Waals surface area contributed by atoms with Crippen molar-refractivity contribution >= 4 is 22.8 Å². The topological polar surface area (TPSA) is 97.2 Å². The Balaban J connectivity index is 1.68. The average Bonchev–Trinajstić information content (AvgIpc) is 3.10. The molecular weight excluding hydrogens is 342 g/mol. The quantitative estimate of drug-likeness (QED) is 0.558. The second kappa shape index (κ2) is 8.51. The van der Waals surface area contributed by atoms with Crippen molar-refractivity contribution in [2.24, 2.45) is 5.73 Å². The smallest absolute Gasteiger partial charge is 0.328 e. The number of amides is 1. The highest BCUT2D eigenvalue weighted by Gasteiger charge is 2.25. The standard InChI is InChI=1S/C21H23N3O3/c1-27-21(26)19(11-14-7-3-2-4-8-14)24-20(25)17(22)12-15-13-23-18-10-6-5-9-16(15)18/h2-10,13,17,19,23H,11-12,22H2,1H3,(H,24,25)/t17-,19-/m0/s1. The van der Waals surface area contributed by atoms with E-state index in [1.807, 2.05) is 60.8 Å². The Labute approximate surface area is 157 Å². The summed E-state index contributed by atoms with van der Waals surface area (Å²) in [4.78, 5) is 27.8. The SMILES string of the molecule is COC(=O)[C@H](Cc1ccccc1)NC(=O)[C@@H](N)Cc1c[nH]c2ccccc12. The summed E-state index contributed by atoms with van der Waals surface area (Å²) in [5.74, 6) is -0.877. The van der Waals surface area contributed by atoms with Crippen LogP contribution in [-0.2, 0) is 27.2 Å². The van der Waals surface area contributed by atoms with Gasteiger partial charge in [0.1, 0.15) is 6.04 Å². The maximum atomic E-state index is 12.6. The maximum absolute atomic E-state index is 12.6. The monoisotopic (exact) mass is 365 g/mol. The van der Waals surface area contributed by atoms with Crippen molar-refractivity contribution in [2.45, 2.75) is 24.9 Å². The van der Waals surface area contributed by atoms with Gasteiger partial charge in [-0.2, -0.15) is 0 Å². The Morgan fingerprint density at radius 3 is 2.52 bits per heavy atom. The lowest BCUT2D eigenvalue weighted by Gasteiger charge is -2.19. The first-order valence-electron chi connectivity index (χ1n) is 8.81. The summed E-state index contributed by atoms with van der Waals surface area (Å²) in [5.41, 5.74) is 8.99. The fourth-order valence-corrected chi connectivity index (χ4v) is 3.09. The minimum atomic E-state index is -0.779. The number of hydrogen-bond donors (Lipinski definition) is 3. The van der Waals surface area contributed by atoms with Crippen LogP contribution in [0.5, 0.6) is 0 Å². The number of aromatic amines is 1. The molecule has 0 aliphatic heterocycles. The van der Waals surface area contributed by atoms with E-state index in [0.29, 0.717) is 12.8 Å². The van der Waals surface area contributed by atoms with Crippen molar-refractivity contribution in [1.82, 2.24) is 10.3 Å². The van der Waals surface area contributed by atoms with Crippen molar-refractivity contribution in [2.75, 3.05) is 7.11 Å². The number of nitrogens with two attached hydrogens (primary N) is 1. The number of H-pyrrole nitrogens is 1. The number of para-hydroxylation sites is 1. The van der Waals surface area contributed by atoms with Gasteiger partial charge in [-0.1, -0.05) is 48.5 Å². The predicted molar refractivity (Wildman–Crippen MR) is 104 cm³/mol. The lowest BCUT2D eigenvalue weighted by Crippen LogP contribution is -2.50. The molecule has 0 unspecified atom stereocenters. The molecule has 140 valence electrons. The number of rotatable bonds is 7. The Kier molecular flexibility index (Phi) is 5.88. The third-order valence-electron chi connectivity index (χ3n) is 4.54. The number of aromatic nitrogens is 1. The Bertz CT molecular complexity index is 921. The molecule has 0 radical (unpaired) electrons. The van der Waals surface area contributed by atoms with Crippen LogP contribution in [0.1, 0.15) is 11.1 Å². The third kappa shape index (κ3) is 4.54. The Morgan fingerprint density at radius 1 is 1.07 bits per heavy atom. The molecule has 1 aromatic heterocycles. The van der Waals surface area contributed by atoms with Crippen LogP contribution in [0.25, 0.3) is 10.9 Å². The van der Waals surface area contributed by atoms with E-state index < -0.39 is 18.1 Å². The molecule has 0 bridgehead atoms. The molecule has 1 amide bonds. The van der Waals surface area contributed by atoms with Crippen LogP contribution in [-0.4, -0.2) is 36.1 Å². The third-order valence-corrected chi connectivity index (χ3v) is 4.54. The number of carbonyl (C=O) groups excluding carboxylic acids is 2. The van der Waals surface area contributed by atoms with Crippen LogP contribution < -0.4 is 11.1 Å². The van der Waals surface area contributed by atoms with Crippen molar-refractivity contribution in [3.05, 3.63) is 71.9 Å². The van der Waals surface area contributed by atoms with E-state index in [1.54, 1.807) is 0 Å². The van der Waals surface area contributed by atoms with Gasteiger partial charge in [-0.05, 0) is 23.6 Å². The largest absolute Gasteiger partial charge is 0.467 e. The lowest BCUT2D eigenvalue weighted by atomic mass is 10.0. The molecule has 1 heterocycles. The number of hydrogen-bond acceptors (Lipinski definition) is 4. The molecule has 6 heteroatoms. The second-order valence-electron chi connectivity index (χ2n) is 6.44. The van der Waals surface area contributed by atoms with Gasteiger partial charge in [-0.15, -0.1) is 0 Å². The van der Waals surface area contributed by atoms with Crippen LogP contribution in [0.4, 0.5) is 0 Å². The molecule has 27 heavy (non-hydrogen) atoms. The van der Waals surface area contributed by atoms with Gasteiger partial charge >= 0.3 is 5.97 Å². The zero-order valence-electron chi connectivity index (χ0n) is 15.1. The van der Waals surface area contributed by atoms with E-state index in [9.17, 15) is 9.59 Å². The van der Waals surface area contributed by atoms with Gasteiger partial charge in [0.2, 0.25) is 5.91 Å². The van der Waals surface area contributed by atoms with Gasteiger partial charge in [0.15, 0.2) is 0 Å². The van der Waals surface area contributed by atoms with Crippen molar-refractivity contribution in [3.8, 4) is 0 Å². The molecule has 0 aliphatic carbocycles. The summed E-state index contributed by atoms with van der Waals surface area (Å²) in [5, 5.41) is 3.76. The molecule has 4 N–H and O–H groups in total. The predicted octanol–water partition coefficient (Wildman–Crippen LogP) is 1.94. The lowest BCUT2D eigenvalue weighted by molar-refractivity contribution is -0.145. The van der Waals surface area contributed by atoms with Crippen molar-refractivity contribution < 1.29 is 14.3 Å². The Morgan fingerprint density at radius 2 is 1.78 bits per heavy atom. The van der Waals surface area contributed by atoms with Crippen LogP contribution in [0.2, 0.25) is 0 Å². The summed E-state index contributed by atoms with van der Waals surface area (Å²) >= 11 is 0. The van der Waals surface area contributed by atoms with Crippen molar-refractivity contribution in [3.63, 3.8) is 0 Å². The van der Waals surface area contributed by atoms with Gasteiger partial charge < -0.3 is 20.8 Å². The summed E-state index contributed by atoms with van der Waals surface area (Å²) in [6, 6.07) is 15.7. The second-order valence-corrected chi connectivity index (χ2v) is 6.44. The van der Waals surface area contributed by atoms with E-state index in [1.165, 1.54) is 7.11 Å². The van der Waals surface area contributed by atoms with Crippen LogP contribution in [0.3, 0.4) is 0 Å². The molecule has 0 aliphatic rings. The maximum Gasteiger partial charge on any atom is 0.328 e. The number of ether oxygens (including phenoxy) is 1. The first-order valence-corrected chi connectivity index (χ1v) is 8.81. The van der Waals surface area contributed by atoms with E-state index in [0.717, 1.165) is 22.0 Å². The number of esters is 1. The van der Waals surface area contributed by atoms with E-state index in [4.69, 9.17) is 10.5 Å². The summed E-state index contributed by atoms with van der Waals surface area (Å²) in [6.45, 7) is 0. The highest BCUT2D eigenvalue weighted by molar-refractivity contribution is 5.89. The highest BCUT2D eigenvalue weighted by Crippen LogP contribution is 2.18. The number of fused-ring (bicyclic) bond motifs is 1. The molecule has 0 saturated carbocycles. The normalized spacial score (nSPS) is 13.1. The fourth-order valence-electron chi connectivity index (χ4n) is 3.09. The molecule has 2 atom stereocenters. The summed E-state index contributed by atoms with van der Waals surface area (Å²) in [6.07, 6.45) is 2.58. The number of methoxy groups -OCH3 is 1. The number of benzene rings is 2. The average molecular weight is 365 g/mol. The van der Waals surface area contributed by atoms with Gasteiger partial charge in [0.25, 0.3) is 0 Å².